The standard InChI is InChI=1S/C25H34N2O4/c1-15(2)20-4-6-21(7-5-20)27-22(28)14-31-23(29)16(3)26-24(30)25-11-17-8-18(12-25)10-19(9-17)13-25/h4-7,15-19H,8-14H2,1-3H3,(H,26,30)(H,27,28)/t16-,17?,18?,19?,25?/m0/s1. The third-order valence-corrected chi connectivity index (χ3v) is 7.43. The van der Waals surface area contributed by atoms with E-state index in [1.54, 1.807) is 6.92 Å². The zero-order valence-corrected chi connectivity index (χ0v) is 18.8. The van der Waals surface area contributed by atoms with Crippen LogP contribution in [0.1, 0.15) is 70.8 Å². The Morgan fingerprint density at radius 1 is 0.968 bits per heavy atom. The summed E-state index contributed by atoms with van der Waals surface area (Å²) in [6.07, 6.45) is 6.64. The number of carbonyl (C=O) groups excluding carboxylic acids is 3. The maximum absolute atomic E-state index is 13.1. The highest BCUT2D eigenvalue weighted by atomic mass is 16.5. The van der Waals surface area contributed by atoms with Crippen molar-refractivity contribution < 1.29 is 19.1 Å². The van der Waals surface area contributed by atoms with E-state index < -0.39 is 17.9 Å². The average Bonchev–Trinajstić information content (AvgIpc) is 2.71. The quantitative estimate of drug-likeness (QED) is 0.645. The first-order chi connectivity index (χ1) is 14.7. The van der Waals surface area contributed by atoms with Crippen molar-refractivity contribution in [2.45, 2.75) is 71.3 Å². The summed E-state index contributed by atoms with van der Waals surface area (Å²) in [4.78, 5) is 37.6. The number of carbonyl (C=O) groups is 3. The summed E-state index contributed by atoms with van der Waals surface area (Å²) in [5.74, 6) is 1.42. The van der Waals surface area contributed by atoms with Crippen molar-refractivity contribution in [1.29, 1.82) is 0 Å². The highest BCUT2D eigenvalue weighted by molar-refractivity contribution is 5.93. The second-order valence-corrected chi connectivity index (χ2v) is 10.3. The molecule has 4 bridgehead atoms. The highest BCUT2D eigenvalue weighted by Crippen LogP contribution is 2.60. The van der Waals surface area contributed by atoms with Crippen LogP contribution in [-0.2, 0) is 19.1 Å². The van der Waals surface area contributed by atoms with Crippen LogP contribution in [0.4, 0.5) is 5.69 Å². The topological polar surface area (TPSA) is 84.5 Å². The predicted octanol–water partition coefficient (Wildman–Crippen LogP) is 4.01. The van der Waals surface area contributed by atoms with Crippen molar-refractivity contribution >= 4 is 23.5 Å². The van der Waals surface area contributed by atoms with Gasteiger partial charge in [-0.2, -0.15) is 0 Å². The summed E-state index contributed by atoms with van der Waals surface area (Å²) in [6, 6.07) is 6.84. The molecule has 4 aliphatic carbocycles. The Hall–Kier alpha value is -2.37. The smallest absolute Gasteiger partial charge is 0.328 e. The Balaban J connectivity index is 1.24. The largest absolute Gasteiger partial charge is 0.454 e. The lowest BCUT2D eigenvalue weighted by molar-refractivity contribution is -0.154. The van der Waals surface area contributed by atoms with Crippen LogP contribution in [0.15, 0.2) is 24.3 Å². The fraction of sp³-hybridized carbons (Fsp3) is 0.640. The Labute approximate surface area is 184 Å². The molecule has 0 heterocycles. The predicted molar refractivity (Wildman–Crippen MR) is 118 cm³/mol. The van der Waals surface area contributed by atoms with E-state index in [9.17, 15) is 14.4 Å². The lowest BCUT2D eigenvalue weighted by atomic mass is 9.49. The number of amides is 2. The van der Waals surface area contributed by atoms with Crippen molar-refractivity contribution in [2.75, 3.05) is 11.9 Å². The van der Waals surface area contributed by atoms with Crippen molar-refractivity contribution in [3.05, 3.63) is 29.8 Å². The van der Waals surface area contributed by atoms with Gasteiger partial charge in [0.2, 0.25) is 5.91 Å². The van der Waals surface area contributed by atoms with E-state index in [1.165, 1.54) is 24.8 Å². The highest BCUT2D eigenvalue weighted by Gasteiger charge is 2.54. The first-order valence-corrected chi connectivity index (χ1v) is 11.6. The van der Waals surface area contributed by atoms with E-state index in [-0.39, 0.29) is 17.9 Å². The molecule has 0 unspecified atom stereocenters. The molecular formula is C25H34N2O4. The lowest BCUT2D eigenvalue weighted by Crippen LogP contribution is -2.56. The maximum atomic E-state index is 13.1. The van der Waals surface area contributed by atoms with Gasteiger partial charge in [-0.05, 0) is 86.8 Å². The van der Waals surface area contributed by atoms with Crippen LogP contribution in [0.25, 0.3) is 0 Å². The normalized spacial score (nSPS) is 29.5. The monoisotopic (exact) mass is 426 g/mol. The first kappa shape index (κ1) is 21.8. The minimum Gasteiger partial charge on any atom is -0.454 e. The van der Waals surface area contributed by atoms with Gasteiger partial charge >= 0.3 is 5.97 Å². The first-order valence-electron chi connectivity index (χ1n) is 11.6. The van der Waals surface area contributed by atoms with Crippen molar-refractivity contribution in [1.82, 2.24) is 5.32 Å². The van der Waals surface area contributed by atoms with Gasteiger partial charge in [0.1, 0.15) is 6.04 Å². The van der Waals surface area contributed by atoms with Gasteiger partial charge < -0.3 is 15.4 Å². The Morgan fingerprint density at radius 3 is 2.03 bits per heavy atom. The summed E-state index contributed by atoms with van der Waals surface area (Å²) in [5.41, 5.74) is 1.55. The van der Waals surface area contributed by atoms with Gasteiger partial charge in [-0.3, -0.25) is 9.59 Å². The minimum absolute atomic E-state index is 0.00857. The Bertz CT molecular complexity index is 810. The molecule has 168 valence electrons. The lowest BCUT2D eigenvalue weighted by Gasteiger charge is -2.55. The van der Waals surface area contributed by atoms with Gasteiger partial charge in [0.25, 0.3) is 5.91 Å². The molecule has 0 aliphatic heterocycles. The average molecular weight is 427 g/mol. The van der Waals surface area contributed by atoms with Crippen LogP contribution < -0.4 is 10.6 Å². The van der Waals surface area contributed by atoms with Crippen LogP contribution in [0.5, 0.6) is 0 Å². The third kappa shape index (κ3) is 4.78. The van der Waals surface area contributed by atoms with Crippen LogP contribution in [0, 0.1) is 23.2 Å². The zero-order valence-electron chi connectivity index (χ0n) is 18.8. The molecule has 1 atom stereocenters. The van der Waals surface area contributed by atoms with E-state index in [0.29, 0.717) is 29.4 Å². The van der Waals surface area contributed by atoms with Crippen molar-refractivity contribution in [3.63, 3.8) is 0 Å². The van der Waals surface area contributed by atoms with E-state index in [2.05, 4.69) is 24.5 Å². The Kier molecular flexibility index (Phi) is 6.09. The van der Waals surface area contributed by atoms with Gasteiger partial charge in [0.05, 0.1) is 0 Å². The number of nitrogens with one attached hydrogen (secondary N) is 2. The van der Waals surface area contributed by atoms with Gasteiger partial charge in [0, 0.05) is 11.1 Å². The molecule has 0 saturated heterocycles. The molecule has 31 heavy (non-hydrogen) atoms. The summed E-state index contributed by atoms with van der Waals surface area (Å²) in [7, 11) is 0. The maximum Gasteiger partial charge on any atom is 0.328 e. The second kappa shape index (κ2) is 8.64. The van der Waals surface area contributed by atoms with Gasteiger partial charge in [-0.1, -0.05) is 26.0 Å². The molecule has 1 aromatic carbocycles. The molecular weight excluding hydrogens is 392 g/mol. The number of ether oxygens (including phenoxy) is 1. The fourth-order valence-electron chi connectivity index (χ4n) is 6.21. The number of benzene rings is 1. The molecule has 5 rings (SSSR count). The van der Waals surface area contributed by atoms with Gasteiger partial charge in [0.15, 0.2) is 6.61 Å². The summed E-state index contributed by atoms with van der Waals surface area (Å²) in [6.45, 7) is 5.47. The van der Waals surface area contributed by atoms with E-state index in [1.807, 2.05) is 24.3 Å². The van der Waals surface area contributed by atoms with E-state index >= 15 is 0 Å². The molecule has 0 spiro atoms. The second-order valence-electron chi connectivity index (χ2n) is 10.3. The summed E-state index contributed by atoms with van der Waals surface area (Å²) >= 11 is 0. The molecule has 0 radical (unpaired) electrons. The molecule has 4 aliphatic rings. The molecule has 1 aromatic rings. The number of esters is 1. The van der Waals surface area contributed by atoms with Gasteiger partial charge in [-0.25, -0.2) is 4.79 Å². The van der Waals surface area contributed by atoms with Crippen LogP contribution in [0.2, 0.25) is 0 Å². The molecule has 2 N–H and O–H groups in total. The SMILES string of the molecule is CC(C)c1ccc(NC(=O)COC(=O)[C@H](C)NC(=O)C23CC4CC(CC(C4)C2)C3)cc1. The summed E-state index contributed by atoms with van der Waals surface area (Å²) < 4.78 is 5.15. The zero-order chi connectivity index (χ0) is 22.2. The number of hydrogen-bond acceptors (Lipinski definition) is 4. The van der Waals surface area contributed by atoms with E-state index in [4.69, 9.17) is 4.74 Å². The van der Waals surface area contributed by atoms with Crippen molar-refractivity contribution in [2.24, 2.45) is 23.2 Å². The minimum atomic E-state index is -0.765. The Morgan fingerprint density at radius 2 is 1.52 bits per heavy atom. The molecule has 0 aromatic heterocycles. The van der Waals surface area contributed by atoms with E-state index in [0.717, 1.165) is 19.3 Å². The van der Waals surface area contributed by atoms with Crippen LogP contribution >= 0.6 is 0 Å². The third-order valence-electron chi connectivity index (χ3n) is 7.43. The van der Waals surface area contributed by atoms with Crippen molar-refractivity contribution in [3.8, 4) is 0 Å². The molecule has 6 nitrogen and oxygen atoms in total. The van der Waals surface area contributed by atoms with Crippen LogP contribution in [0.3, 0.4) is 0 Å². The van der Waals surface area contributed by atoms with Crippen LogP contribution in [-0.4, -0.2) is 30.4 Å². The summed E-state index contributed by atoms with van der Waals surface area (Å²) in [5, 5.41) is 5.61. The van der Waals surface area contributed by atoms with Gasteiger partial charge in [-0.15, -0.1) is 0 Å². The molecule has 6 heteroatoms. The molecule has 4 fully saturated rings. The number of rotatable bonds is 7. The molecule has 4 saturated carbocycles. The number of hydrogen-bond donors (Lipinski definition) is 2. The fourth-order valence-corrected chi connectivity index (χ4v) is 6.21. The number of anilines is 1. The molecule has 2 amide bonds.